The number of alkyl halides is 1. The van der Waals surface area contributed by atoms with Crippen LogP contribution < -0.4 is 0 Å². The van der Waals surface area contributed by atoms with Crippen LogP contribution in [0.1, 0.15) is 26.2 Å². The smallest absolute Gasteiger partial charge is 0.0653 e. The summed E-state index contributed by atoms with van der Waals surface area (Å²) >= 11 is 6.00. The Morgan fingerprint density at radius 1 is 1.75 bits per heavy atom. The van der Waals surface area contributed by atoms with E-state index in [2.05, 4.69) is 13.5 Å². The van der Waals surface area contributed by atoms with Gasteiger partial charge in [-0.25, -0.2) is 0 Å². The van der Waals surface area contributed by atoms with Gasteiger partial charge in [0.25, 0.3) is 0 Å². The molecule has 0 nitrogen and oxygen atoms in total. The standard InChI is InChI=1S/C7H11Cl/c1-3-6(2)7(8)4-5-7/h2-5H2,1H3. The molecule has 1 saturated carbocycles. The van der Waals surface area contributed by atoms with E-state index >= 15 is 0 Å². The lowest BCUT2D eigenvalue weighted by molar-refractivity contribution is 0.953. The summed E-state index contributed by atoms with van der Waals surface area (Å²) in [4.78, 5) is 0.0365. The fraction of sp³-hybridized carbons (Fsp3) is 0.714. The molecular formula is C7H11Cl. The van der Waals surface area contributed by atoms with Gasteiger partial charge in [-0.2, -0.15) is 0 Å². The highest BCUT2D eigenvalue weighted by atomic mass is 35.5. The van der Waals surface area contributed by atoms with E-state index in [0.717, 1.165) is 19.3 Å². The van der Waals surface area contributed by atoms with E-state index in [1.807, 2.05) is 0 Å². The van der Waals surface area contributed by atoms with Crippen LogP contribution in [0.4, 0.5) is 0 Å². The molecule has 1 aliphatic rings. The quantitative estimate of drug-likeness (QED) is 0.398. The van der Waals surface area contributed by atoms with E-state index in [9.17, 15) is 0 Å². The number of hydrogen-bond donors (Lipinski definition) is 0. The maximum absolute atomic E-state index is 6.00. The molecule has 1 rings (SSSR count). The van der Waals surface area contributed by atoms with Crippen LogP contribution in [0.3, 0.4) is 0 Å². The summed E-state index contributed by atoms with van der Waals surface area (Å²) in [6.45, 7) is 5.98. The van der Waals surface area contributed by atoms with Crippen molar-refractivity contribution in [3.8, 4) is 0 Å². The van der Waals surface area contributed by atoms with Gasteiger partial charge in [0, 0.05) is 0 Å². The molecule has 0 saturated heterocycles. The zero-order valence-corrected chi connectivity index (χ0v) is 5.96. The van der Waals surface area contributed by atoms with Crippen molar-refractivity contribution in [3.63, 3.8) is 0 Å². The van der Waals surface area contributed by atoms with Gasteiger partial charge in [0.05, 0.1) is 4.87 Å². The van der Waals surface area contributed by atoms with Crippen LogP contribution in [-0.2, 0) is 0 Å². The van der Waals surface area contributed by atoms with Gasteiger partial charge < -0.3 is 0 Å². The van der Waals surface area contributed by atoms with Crippen LogP contribution in [0, 0.1) is 0 Å². The van der Waals surface area contributed by atoms with Crippen molar-refractivity contribution in [3.05, 3.63) is 12.2 Å². The van der Waals surface area contributed by atoms with Crippen LogP contribution in [0.5, 0.6) is 0 Å². The summed E-state index contributed by atoms with van der Waals surface area (Å²) < 4.78 is 0. The minimum atomic E-state index is 0.0365. The number of halogens is 1. The third kappa shape index (κ3) is 0.899. The van der Waals surface area contributed by atoms with E-state index < -0.39 is 0 Å². The summed E-state index contributed by atoms with van der Waals surface area (Å²) in [6, 6.07) is 0. The Morgan fingerprint density at radius 2 is 2.25 bits per heavy atom. The summed E-state index contributed by atoms with van der Waals surface area (Å²) in [5.74, 6) is 0. The van der Waals surface area contributed by atoms with Gasteiger partial charge in [0.2, 0.25) is 0 Å². The van der Waals surface area contributed by atoms with E-state index in [1.165, 1.54) is 5.57 Å². The maximum Gasteiger partial charge on any atom is 0.0653 e. The molecule has 0 aromatic carbocycles. The second-order valence-electron chi connectivity index (χ2n) is 2.42. The summed E-state index contributed by atoms with van der Waals surface area (Å²) in [5.41, 5.74) is 1.21. The van der Waals surface area contributed by atoms with E-state index in [-0.39, 0.29) is 4.87 Å². The minimum absolute atomic E-state index is 0.0365. The van der Waals surface area contributed by atoms with Crippen LogP contribution in [0.2, 0.25) is 0 Å². The first kappa shape index (κ1) is 6.15. The second-order valence-corrected chi connectivity index (χ2v) is 3.15. The Kier molecular flexibility index (Phi) is 1.36. The summed E-state index contributed by atoms with van der Waals surface area (Å²) in [7, 11) is 0. The highest BCUT2D eigenvalue weighted by molar-refractivity contribution is 6.27. The van der Waals surface area contributed by atoms with Crippen LogP contribution in [-0.4, -0.2) is 4.87 Å². The molecule has 0 aromatic heterocycles. The molecule has 1 fully saturated rings. The Morgan fingerprint density at radius 3 is 2.38 bits per heavy atom. The molecule has 1 heteroatoms. The lowest BCUT2D eigenvalue weighted by Crippen LogP contribution is -1.98. The lowest BCUT2D eigenvalue weighted by atomic mass is 10.1. The van der Waals surface area contributed by atoms with Gasteiger partial charge in [-0.3, -0.25) is 0 Å². The predicted molar refractivity (Wildman–Crippen MR) is 37.2 cm³/mol. The molecule has 0 spiro atoms. The number of rotatable bonds is 2. The molecule has 0 amide bonds. The molecule has 1 aliphatic carbocycles. The second kappa shape index (κ2) is 1.77. The van der Waals surface area contributed by atoms with E-state index in [1.54, 1.807) is 0 Å². The first-order chi connectivity index (χ1) is 3.69. The maximum atomic E-state index is 6.00. The van der Waals surface area contributed by atoms with Crippen LogP contribution >= 0.6 is 11.6 Å². The average Bonchev–Trinajstić information content (AvgIpc) is 2.47. The van der Waals surface area contributed by atoms with Crippen molar-refractivity contribution in [2.75, 3.05) is 0 Å². The first-order valence-electron chi connectivity index (χ1n) is 3.06. The van der Waals surface area contributed by atoms with E-state index in [0.29, 0.717) is 0 Å². The molecule has 0 atom stereocenters. The Bertz CT molecular complexity index is 112. The van der Waals surface area contributed by atoms with Gasteiger partial charge in [-0.05, 0) is 19.3 Å². The molecule has 0 bridgehead atoms. The predicted octanol–water partition coefficient (Wildman–Crippen LogP) is 2.72. The Labute approximate surface area is 55.5 Å². The third-order valence-electron chi connectivity index (χ3n) is 1.75. The minimum Gasteiger partial charge on any atom is -0.114 e. The highest BCUT2D eigenvalue weighted by Crippen LogP contribution is 2.48. The van der Waals surface area contributed by atoms with Crippen LogP contribution in [0.25, 0.3) is 0 Å². The molecule has 46 valence electrons. The number of allylic oxidation sites excluding steroid dienone is 1. The molecule has 0 N–H and O–H groups in total. The summed E-state index contributed by atoms with van der Waals surface area (Å²) in [6.07, 6.45) is 3.31. The molecule has 0 heterocycles. The van der Waals surface area contributed by atoms with Gasteiger partial charge in [-0.1, -0.05) is 19.1 Å². The first-order valence-corrected chi connectivity index (χ1v) is 3.44. The summed E-state index contributed by atoms with van der Waals surface area (Å²) in [5, 5.41) is 0. The van der Waals surface area contributed by atoms with Gasteiger partial charge in [0.15, 0.2) is 0 Å². The largest absolute Gasteiger partial charge is 0.114 e. The van der Waals surface area contributed by atoms with Crippen molar-refractivity contribution in [2.45, 2.75) is 31.1 Å². The SMILES string of the molecule is C=C(CC)C1(Cl)CC1. The molecule has 0 unspecified atom stereocenters. The molecule has 0 aliphatic heterocycles. The fourth-order valence-electron chi connectivity index (χ4n) is 0.780. The molecule has 8 heavy (non-hydrogen) atoms. The zero-order chi connectivity index (χ0) is 6.20. The van der Waals surface area contributed by atoms with Gasteiger partial charge >= 0.3 is 0 Å². The Balaban J connectivity index is 2.46. The van der Waals surface area contributed by atoms with E-state index in [4.69, 9.17) is 11.6 Å². The van der Waals surface area contributed by atoms with Crippen LogP contribution in [0.15, 0.2) is 12.2 Å². The number of hydrogen-bond acceptors (Lipinski definition) is 0. The van der Waals surface area contributed by atoms with Crippen molar-refractivity contribution in [1.29, 1.82) is 0 Å². The van der Waals surface area contributed by atoms with Gasteiger partial charge in [0.1, 0.15) is 0 Å². The Hall–Kier alpha value is 0.0300. The zero-order valence-electron chi connectivity index (χ0n) is 5.21. The third-order valence-corrected chi connectivity index (χ3v) is 2.39. The molecule has 0 aromatic rings. The van der Waals surface area contributed by atoms with Crippen molar-refractivity contribution in [1.82, 2.24) is 0 Å². The molecular weight excluding hydrogens is 120 g/mol. The van der Waals surface area contributed by atoms with Gasteiger partial charge in [-0.15, -0.1) is 11.6 Å². The van der Waals surface area contributed by atoms with Crippen molar-refractivity contribution < 1.29 is 0 Å². The average molecular weight is 131 g/mol. The van der Waals surface area contributed by atoms with Crippen molar-refractivity contribution in [2.24, 2.45) is 0 Å². The van der Waals surface area contributed by atoms with Crippen molar-refractivity contribution >= 4 is 11.6 Å². The highest BCUT2D eigenvalue weighted by Gasteiger charge is 2.41. The normalized spacial score (nSPS) is 22.8. The molecule has 0 radical (unpaired) electrons. The fourth-order valence-corrected chi connectivity index (χ4v) is 1.01. The lowest BCUT2D eigenvalue weighted by Gasteiger charge is -2.05. The monoisotopic (exact) mass is 130 g/mol. The topological polar surface area (TPSA) is 0 Å².